The summed E-state index contributed by atoms with van der Waals surface area (Å²) in [5.41, 5.74) is -1.20. The predicted molar refractivity (Wildman–Crippen MR) is 77.4 cm³/mol. The number of nitro benzene ring substituents is 1. The van der Waals surface area contributed by atoms with Crippen molar-refractivity contribution in [1.82, 2.24) is 5.32 Å². The first-order valence-corrected chi connectivity index (χ1v) is 6.73. The molecule has 6 nitrogen and oxygen atoms in total. The van der Waals surface area contributed by atoms with Crippen molar-refractivity contribution in [2.24, 2.45) is 0 Å². The topological polar surface area (TPSA) is 84.6 Å². The fourth-order valence-electron chi connectivity index (χ4n) is 1.55. The molecule has 0 radical (unpaired) electrons. The van der Waals surface area contributed by atoms with Gasteiger partial charge in [-0.3, -0.25) is 10.1 Å². The Morgan fingerprint density at radius 3 is 2.80 bits per heavy atom. The van der Waals surface area contributed by atoms with E-state index in [-0.39, 0.29) is 17.3 Å². The predicted octanol–water partition coefficient (Wildman–Crippen LogP) is 2.38. The zero-order valence-corrected chi connectivity index (χ0v) is 12.3. The fraction of sp³-hybridized carbons (Fsp3) is 0.538. The van der Waals surface area contributed by atoms with E-state index >= 15 is 0 Å². The van der Waals surface area contributed by atoms with Crippen molar-refractivity contribution in [3.05, 3.63) is 33.3 Å². The van der Waals surface area contributed by atoms with Gasteiger partial charge in [-0.1, -0.05) is 18.5 Å². The van der Waals surface area contributed by atoms with Crippen molar-refractivity contribution in [3.8, 4) is 5.75 Å². The molecular formula is C13H19ClN2O4. The van der Waals surface area contributed by atoms with Gasteiger partial charge in [0, 0.05) is 18.7 Å². The number of benzene rings is 1. The molecule has 7 heteroatoms. The first-order chi connectivity index (χ1) is 9.35. The molecule has 0 amide bonds. The number of hydrogen-bond donors (Lipinski definition) is 2. The average molecular weight is 303 g/mol. The van der Waals surface area contributed by atoms with Gasteiger partial charge in [0.05, 0.1) is 4.92 Å². The summed E-state index contributed by atoms with van der Waals surface area (Å²) in [5.74, 6) is 0.386. The third-order valence-corrected chi connectivity index (χ3v) is 2.90. The molecule has 2 N–H and O–H groups in total. The number of nitro groups is 1. The molecule has 1 aromatic rings. The number of nitrogens with zero attached hydrogens (tertiary/aromatic N) is 1. The quantitative estimate of drug-likeness (QED) is 0.437. The molecule has 1 aromatic carbocycles. The van der Waals surface area contributed by atoms with E-state index in [2.05, 4.69) is 5.32 Å². The maximum atomic E-state index is 10.6. The number of halogens is 1. The highest BCUT2D eigenvalue weighted by atomic mass is 35.5. The van der Waals surface area contributed by atoms with Crippen molar-refractivity contribution in [3.63, 3.8) is 0 Å². The summed E-state index contributed by atoms with van der Waals surface area (Å²) in [6.07, 6.45) is 0.981. The van der Waals surface area contributed by atoms with E-state index in [9.17, 15) is 15.2 Å². The SMILES string of the molecule is CCCNCC(C)(O)COc1ccc([N+](=O)[O-])c(Cl)c1. The lowest BCUT2D eigenvalue weighted by Crippen LogP contribution is -2.43. The molecule has 20 heavy (non-hydrogen) atoms. The molecular weight excluding hydrogens is 284 g/mol. The molecule has 0 aliphatic heterocycles. The van der Waals surface area contributed by atoms with E-state index in [1.165, 1.54) is 18.2 Å². The van der Waals surface area contributed by atoms with E-state index in [4.69, 9.17) is 16.3 Å². The van der Waals surface area contributed by atoms with Gasteiger partial charge in [0.15, 0.2) is 0 Å². The zero-order chi connectivity index (χ0) is 15.2. The van der Waals surface area contributed by atoms with Crippen LogP contribution in [0.3, 0.4) is 0 Å². The Morgan fingerprint density at radius 2 is 2.25 bits per heavy atom. The second-order valence-electron chi connectivity index (χ2n) is 4.83. The van der Waals surface area contributed by atoms with Crippen LogP contribution in [0.2, 0.25) is 5.02 Å². The second kappa shape index (κ2) is 7.42. The number of nitrogens with one attached hydrogen (secondary N) is 1. The molecule has 0 aliphatic rings. The van der Waals surface area contributed by atoms with Gasteiger partial charge in [-0.25, -0.2) is 0 Å². The van der Waals surface area contributed by atoms with Gasteiger partial charge in [-0.05, 0) is 26.0 Å². The van der Waals surface area contributed by atoms with Gasteiger partial charge in [0.25, 0.3) is 5.69 Å². The van der Waals surface area contributed by atoms with Crippen LogP contribution in [0.1, 0.15) is 20.3 Å². The lowest BCUT2D eigenvalue weighted by Gasteiger charge is -2.23. The first kappa shape index (κ1) is 16.7. The van der Waals surface area contributed by atoms with Crippen LogP contribution in [0, 0.1) is 10.1 Å². The van der Waals surface area contributed by atoms with Crippen LogP contribution >= 0.6 is 11.6 Å². The summed E-state index contributed by atoms with van der Waals surface area (Å²) < 4.78 is 5.42. The summed E-state index contributed by atoms with van der Waals surface area (Å²) in [5, 5.41) is 23.8. The molecule has 0 saturated heterocycles. The minimum atomic E-state index is -1.02. The summed E-state index contributed by atoms with van der Waals surface area (Å²) in [6, 6.07) is 4.11. The standard InChI is InChI=1S/C13H19ClN2O4/c1-3-6-15-8-13(2,17)9-20-10-4-5-12(16(18)19)11(14)7-10/h4-5,7,15,17H,3,6,8-9H2,1-2H3. The van der Waals surface area contributed by atoms with Crippen molar-refractivity contribution < 1.29 is 14.8 Å². The number of aliphatic hydroxyl groups is 1. The zero-order valence-electron chi connectivity index (χ0n) is 11.6. The summed E-state index contributed by atoms with van der Waals surface area (Å²) in [4.78, 5) is 10.1. The molecule has 0 spiro atoms. The highest BCUT2D eigenvalue weighted by Gasteiger charge is 2.21. The molecule has 0 aromatic heterocycles. The summed E-state index contributed by atoms with van der Waals surface area (Å²) >= 11 is 5.78. The minimum Gasteiger partial charge on any atom is -0.490 e. The smallest absolute Gasteiger partial charge is 0.288 e. The van der Waals surface area contributed by atoms with E-state index in [0.29, 0.717) is 12.3 Å². The summed E-state index contributed by atoms with van der Waals surface area (Å²) in [6.45, 7) is 4.98. The van der Waals surface area contributed by atoms with Crippen molar-refractivity contribution in [1.29, 1.82) is 0 Å². The Morgan fingerprint density at radius 1 is 1.55 bits per heavy atom. The second-order valence-corrected chi connectivity index (χ2v) is 5.24. The normalized spacial score (nSPS) is 13.8. The van der Waals surface area contributed by atoms with E-state index in [1.807, 2.05) is 6.92 Å². The van der Waals surface area contributed by atoms with Crippen LogP contribution in [0.25, 0.3) is 0 Å². The van der Waals surface area contributed by atoms with Gasteiger partial charge >= 0.3 is 0 Å². The van der Waals surface area contributed by atoms with Crippen molar-refractivity contribution in [2.45, 2.75) is 25.9 Å². The summed E-state index contributed by atoms with van der Waals surface area (Å²) in [7, 11) is 0. The van der Waals surface area contributed by atoms with Crippen LogP contribution in [0.5, 0.6) is 5.75 Å². The lowest BCUT2D eigenvalue weighted by molar-refractivity contribution is -0.384. The molecule has 0 fully saturated rings. The van der Waals surface area contributed by atoms with E-state index < -0.39 is 10.5 Å². The maximum Gasteiger partial charge on any atom is 0.288 e. The Bertz CT molecular complexity index is 466. The first-order valence-electron chi connectivity index (χ1n) is 6.35. The van der Waals surface area contributed by atoms with Crippen molar-refractivity contribution >= 4 is 17.3 Å². The molecule has 0 bridgehead atoms. The average Bonchev–Trinajstić information content (AvgIpc) is 2.36. The highest BCUT2D eigenvalue weighted by molar-refractivity contribution is 6.32. The van der Waals surface area contributed by atoms with Gasteiger partial charge in [0.1, 0.15) is 23.0 Å². The Kier molecular flexibility index (Phi) is 6.19. The van der Waals surface area contributed by atoms with Gasteiger partial charge in [-0.15, -0.1) is 0 Å². The highest BCUT2D eigenvalue weighted by Crippen LogP contribution is 2.28. The maximum absolute atomic E-state index is 10.6. The Hall–Kier alpha value is -1.37. The van der Waals surface area contributed by atoms with Crippen LogP contribution in [0.15, 0.2) is 18.2 Å². The van der Waals surface area contributed by atoms with Gasteiger partial charge in [-0.2, -0.15) is 0 Å². The third-order valence-electron chi connectivity index (χ3n) is 2.60. The molecule has 1 atom stereocenters. The monoisotopic (exact) mass is 302 g/mol. The van der Waals surface area contributed by atoms with Crippen LogP contribution in [0.4, 0.5) is 5.69 Å². The van der Waals surface area contributed by atoms with Crippen LogP contribution in [-0.2, 0) is 0 Å². The van der Waals surface area contributed by atoms with Gasteiger partial charge in [0.2, 0.25) is 0 Å². The molecule has 112 valence electrons. The van der Waals surface area contributed by atoms with E-state index in [1.54, 1.807) is 6.92 Å². The Labute approximate surface area is 122 Å². The van der Waals surface area contributed by atoms with Crippen molar-refractivity contribution in [2.75, 3.05) is 19.7 Å². The molecule has 0 aliphatic carbocycles. The fourth-order valence-corrected chi connectivity index (χ4v) is 1.79. The number of ether oxygens (including phenoxy) is 1. The van der Waals surface area contributed by atoms with Crippen LogP contribution in [-0.4, -0.2) is 35.3 Å². The number of rotatable bonds is 8. The number of hydrogen-bond acceptors (Lipinski definition) is 5. The van der Waals surface area contributed by atoms with E-state index in [0.717, 1.165) is 13.0 Å². The van der Waals surface area contributed by atoms with Crippen LogP contribution < -0.4 is 10.1 Å². The third kappa shape index (κ3) is 5.32. The molecule has 1 rings (SSSR count). The molecule has 0 heterocycles. The minimum absolute atomic E-state index is 0.0104. The van der Waals surface area contributed by atoms with Gasteiger partial charge < -0.3 is 15.2 Å². The Balaban J connectivity index is 2.57. The molecule has 0 saturated carbocycles. The molecule has 1 unspecified atom stereocenters. The largest absolute Gasteiger partial charge is 0.490 e. The lowest BCUT2D eigenvalue weighted by atomic mass is 10.1.